The number of hydrazone groups is 1. The van der Waals surface area contributed by atoms with Crippen molar-refractivity contribution in [1.29, 1.82) is 0 Å². The lowest BCUT2D eigenvalue weighted by Crippen LogP contribution is -2.45. The number of methoxy groups -OCH3 is 1. The van der Waals surface area contributed by atoms with E-state index in [-0.39, 0.29) is 12.2 Å². The molecule has 0 spiro atoms. The summed E-state index contributed by atoms with van der Waals surface area (Å²) in [5.74, 6) is 0.816. The number of hydrogen-bond donors (Lipinski definition) is 4. The third-order valence-corrected chi connectivity index (χ3v) is 8.22. The maximum Gasteiger partial charge on any atom is 0.337 e. The van der Waals surface area contributed by atoms with Crippen LogP contribution in [0, 0.1) is 3.57 Å². The number of hydrogen-bond acceptors (Lipinski definition) is 9. The average molecular weight is 858 g/mol. The molecule has 0 fully saturated rings. The zero-order valence-corrected chi connectivity index (χ0v) is 29.9. The standard InChI is InChI=1S/C31H31Br2IN4O7/c1-4-43-25-12-19(28-27(30(40)42-3)17(2)36-31(41)37-28)7-10-24(25)44-16-26(39)38-35-14-20-11-22(33)13-23(34)29(20)45-15-18-5-8-21(32)9-6-18/h5-14,26,28,38-39H,4,15-16H2,1-3H3,(H2,36,37,41)/b35-14+/t26-,28-/m1/s1. The molecule has 3 aromatic carbocycles. The minimum Gasteiger partial charge on any atom is -0.490 e. The molecular formula is C31H31Br2IN4O7. The van der Waals surface area contributed by atoms with Crippen LogP contribution in [0.25, 0.3) is 0 Å². The maximum atomic E-state index is 12.5. The molecule has 45 heavy (non-hydrogen) atoms. The van der Waals surface area contributed by atoms with Gasteiger partial charge in [-0.1, -0.05) is 50.1 Å². The van der Waals surface area contributed by atoms with Gasteiger partial charge in [0.25, 0.3) is 0 Å². The highest BCUT2D eigenvalue weighted by Gasteiger charge is 2.32. The Morgan fingerprint density at radius 2 is 1.84 bits per heavy atom. The molecule has 238 valence electrons. The molecule has 0 aromatic heterocycles. The zero-order chi connectivity index (χ0) is 32.5. The molecule has 4 rings (SSSR count). The quantitative estimate of drug-likeness (QED) is 0.0547. The molecule has 11 nitrogen and oxygen atoms in total. The van der Waals surface area contributed by atoms with E-state index >= 15 is 0 Å². The van der Waals surface area contributed by atoms with Crippen LogP contribution >= 0.6 is 54.5 Å². The Kier molecular flexibility index (Phi) is 12.5. The first-order chi connectivity index (χ1) is 21.6. The number of amides is 2. The number of aliphatic hydroxyl groups excluding tert-OH is 1. The van der Waals surface area contributed by atoms with E-state index in [9.17, 15) is 14.7 Å². The fraction of sp³-hybridized carbons (Fsp3) is 0.258. The third kappa shape index (κ3) is 9.34. The summed E-state index contributed by atoms with van der Waals surface area (Å²) in [7, 11) is 1.28. The number of aliphatic hydroxyl groups is 1. The van der Waals surface area contributed by atoms with Crippen molar-refractivity contribution < 1.29 is 33.6 Å². The van der Waals surface area contributed by atoms with Gasteiger partial charge in [0, 0.05) is 20.2 Å². The summed E-state index contributed by atoms with van der Waals surface area (Å²) in [5.41, 5.74) is 5.64. The van der Waals surface area contributed by atoms with Crippen LogP contribution in [0.3, 0.4) is 0 Å². The van der Waals surface area contributed by atoms with Crippen molar-refractivity contribution in [2.75, 3.05) is 20.3 Å². The number of rotatable bonds is 13. The molecule has 0 unspecified atom stereocenters. The average Bonchev–Trinajstić information content (AvgIpc) is 3.00. The lowest BCUT2D eigenvalue weighted by Gasteiger charge is -2.28. The van der Waals surface area contributed by atoms with Crippen molar-refractivity contribution in [1.82, 2.24) is 16.1 Å². The minimum absolute atomic E-state index is 0.157. The summed E-state index contributed by atoms with van der Waals surface area (Å²) in [6, 6.07) is 15.5. The number of allylic oxidation sites excluding steroid dienone is 1. The van der Waals surface area contributed by atoms with Gasteiger partial charge in [0.1, 0.15) is 19.0 Å². The largest absolute Gasteiger partial charge is 0.490 e. The first kappa shape index (κ1) is 34.5. The highest BCUT2D eigenvalue weighted by atomic mass is 127. The summed E-state index contributed by atoms with van der Waals surface area (Å²) in [5, 5.41) is 20.1. The molecule has 4 N–H and O–H groups in total. The SMILES string of the molecule is CCOc1cc([C@H]2NC(=O)NC(C)=C2C(=O)OC)ccc1OC[C@@H](O)N/N=C/c1cc(Br)cc(I)c1OCc1ccc(Br)cc1. The summed E-state index contributed by atoms with van der Waals surface area (Å²) < 4.78 is 25.4. The van der Waals surface area contributed by atoms with E-state index in [1.807, 2.05) is 43.3 Å². The predicted molar refractivity (Wildman–Crippen MR) is 184 cm³/mol. The monoisotopic (exact) mass is 856 g/mol. The lowest BCUT2D eigenvalue weighted by molar-refractivity contribution is -0.136. The topological polar surface area (TPSA) is 140 Å². The summed E-state index contributed by atoms with van der Waals surface area (Å²) in [6.45, 7) is 4.00. The Balaban J connectivity index is 1.42. The van der Waals surface area contributed by atoms with Crippen LogP contribution in [0.4, 0.5) is 4.79 Å². The molecule has 0 aliphatic carbocycles. The number of esters is 1. The first-order valence-corrected chi connectivity index (χ1v) is 16.3. The Morgan fingerprint density at radius 1 is 1.09 bits per heavy atom. The number of nitrogens with zero attached hydrogens (tertiary/aromatic N) is 1. The molecule has 2 amide bonds. The Bertz CT molecular complexity index is 1600. The second-order valence-corrected chi connectivity index (χ2v) is 12.6. The molecule has 3 aromatic rings. The molecule has 1 heterocycles. The second kappa shape index (κ2) is 16.3. The van der Waals surface area contributed by atoms with Crippen molar-refractivity contribution in [2.45, 2.75) is 32.7 Å². The van der Waals surface area contributed by atoms with Crippen molar-refractivity contribution >= 4 is 72.7 Å². The summed E-state index contributed by atoms with van der Waals surface area (Å²) in [6.07, 6.45) is 0.406. The van der Waals surface area contributed by atoms with E-state index < -0.39 is 24.3 Å². The Labute approximate surface area is 291 Å². The van der Waals surface area contributed by atoms with E-state index in [0.717, 1.165) is 18.1 Å². The lowest BCUT2D eigenvalue weighted by atomic mass is 9.95. The van der Waals surface area contributed by atoms with Crippen LogP contribution in [-0.2, 0) is 16.1 Å². The van der Waals surface area contributed by atoms with Gasteiger partial charge >= 0.3 is 12.0 Å². The van der Waals surface area contributed by atoms with Gasteiger partial charge in [-0.2, -0.15) is 5.10 Å². The van der Waals surface area contributed by atoms with Crippen LogP contribution in [0.5, 0.6) is 17.2 Å². The van der Waals surface area contributed by atoms with Crippen molar-refractivity contribution in [3.05, 3.63) is 95.1 Å². The minimum atomic E-state index is -1.16. The van der Waals surface area contributed by atoms with Gasteiger partial charge in [-0.25, -0.2) is 9.59 Å². The zero-order valence-electron chi connectivity index (χ0n) is 24.5. The van der Waals surface area contributed by atoms with Crippen molar-refractivity contribution in [2.24, 2.45) is 5.10 Å². The molecule has 14 heteroatoms. The van der Waals surface area contributed by atoms with Crippen LogP contribution in [0.1, 0.15) is 36.6 Å². The normalized spacial score (nSPS) is 15.3. The summed E-state index contributed by atoms with van der Waals surface area (Å²) >= 11 is 9.16. The molecular weight excluding hydrogens is 827 g/mol. The second-order valence-electron chi connectivity index (χ2n) is 9.64. The van der Waals surface area contributed by atoms with Crippen molar-refractivity contribution in [3.8, 4) is 17.2 Å². The molecule has 1 aliphatic heterocycles. The molecule has 0 saturated heterocycles. The van der Waals surface area contributed by atoms with Gasteiger partial charge in [-0.3, -0.25) is 5.43 Å². The first-order valence-electron chi connectivity index (χ1n) is 13.7. The van der Waals surface area contributed by atoms with E-state index in [1.54, 1.807) is 31.3 Å². The number of halogens is 3. The number of urea groups is 1. The van der Waals surface area contributed by atoms with Crippen LogP contribution in [0.15, 0.2) is 79.9 Å². The highest BCUT2D eigenvalue weighted by Crippen LogP contribution is 2.35. The number of nitrogens with one attached hydrogen (secondary N) is 3. The molecule has 0 saturated carbocycles. The van der Waals surface area contributed by atoms with E-state index in [2.05, 4.69) is 75.6 Å². The number of ether oxygens (including phenoxy) is 4. The predicted octanol–water partition coefficient (Wildman–Crippen LogP) is 5.92. The molecule has 0 bridgehead atoms. The molecule has 0 radical (unpaired) electrons. The van der Waals surface area contributed by atoms with Gasteiger partial charge in [-0.05, 0) is 84.0 Å². The highest BCUT2D eigenvalue weighted by molar-refractivity contribution is 14.1. The number of benzene rings is 3. The fourth-order valence-electron chi connectivity index (χ4n) is 4.38. The van der Waals surface area contributed by atoms with Gasteiger partial charge in [0.2, 0.25) is 0 Å². The third-order valence-electron chi connectivity index (χ3n) is 6.43. The molecule has 2 atom stereocenters. The van der Waals surface area contributed by atoms with E-state index in [1.165, 1.54) is 7.11 Å². The van der Waals surface area contributed by atoms with Gasteiger partial charge in [0.05, 0.1) is 35.1 Å². The molecule has 1 aliphatic rings. The Hall–Kier alpha value is -3.34. The van der Waals surface area contributed by atoms with Crippen molar-refractivity contribution in [3.63, 3.8) is 0 Å². The van der Waals surface area contributed by atoms with Crippen LogP contribution in [-0.4, -0.2) is 49.9 Å². The number of carbonyl (C=O) groups excluding carboxylic acids is 2. The summed E-state index contributed by atoms with van der Waals surface area (Å²) in [4.78, 5) is 24.6. The van der Waals surface area contributed by atoms with Gasteiger partial charge in [0.15, 0.2) is 17.7 Å². The van der Waals surface area contributed by atoms with E-state index in [0.29, 0.717) is 47.3 Å². The van der Waals surface area contributed by atoms with Crippen LogP contribution in [0.2, 0.25) is 0 Å². The van der Waals surface area contributed by atoms with E-state index in [4.69, 9.17) is 18.9 Å². The van der Waals surface area contributed by atoms with Gasteiger partial charge < -0.3 is 34.7 Å². The smallest absolute Gasteiger partial charge is 0.337 e. The van der Waals surface area contributed by atoms with Crippen LogP contribution < -0.4 is 30.3 Å². The number of carbonyl (C=O) groups is 2. The maximum absolute atomic E-state index is 12.5. The fourth-order valence-corrected chi connectivity index (χ4v) is 6.35. The van der Waals surface area contributed by atoms with Gasteiger partial charge in [-0.15, -0.1) is 0 Å². The Morgan fingerprint density at radius 3 is 2.56 bits per heavy atom.